The number of thioether (sulfide) groups is 1. The molecule has 2 aromatic carbocycles. The van der Waals surface area contributed by atoms with E-state index in [2.05, 4.69) is 12.2 Å². The predicted molar refractivity (Wildman–Crippen MR) is 159 cm³/mol. The van der Waals surface area contributed by atoms with E-state index in [0.717, 1.165) is 24.0 Å². The Bertz CT molecular complexity index is 1340. The molecule has 0 fully saturated rings. The van der Waals surface area contributed by atoms with Gasteiger partial charge in [0.25, 0.3) is 0 Å². The number of fused-ring (bicyclic) bond motifs is 1. The van der Waals surface area contributed by atoms with Gasteiger partial charge in [0, 0.05) is 16.5 Å². The Morgan fingerprint density at radius 1 is 1.05 bits per heavy atom. The van der Waals surface area contributed by atoms with E-state index >= 15 is 0 Å². The van der Waals surface area contributed by atoms with Crippen LogP contribution in [0.4, 0.5) is 5.95 Å². The molecule has 0 amide bonds. The van der Waals surface area contributed by atoms with Crippen LogP contribution in [0.5, 0.6) is 11.5 Å². The molecule has 1 N–H and O–H groups in total. The molecule has 40 heavy (non-hydrogen) atoms. The number of carbonyl (C=O) groups is 1. The smallest absolute Gasteiger partial charge is 0.338 e. The minimum atomic E-state index is -0.560. The summed E-state index contributed by atoms with van der Waals surface area (Å²) in [6, 6.07) is 12.9. The number of nitrogens with one attached hydrogen (secondary N) is 1. The molecule has 10 heteroatoms. The molecule has 0 spiro atoms. The van der Waals surface area contributed by atoms with Crippen LogP contribution in [0.15, 0.2) is 58.9 Å². The lowest BCUT2D eigenvalue weighted by atomic mass is 9.95. The summed E-state index contributed by atoms with van der Waals surface area (Å²) in [5, 5.41) is 9.33. The summed E-state index contributed by atoms with van der Waals surface area (Å²) in [5.41, 5.74) is 2.96. The van der Waals surface area contributed by atoms with Crippen LogP contribution in [0.2, 0.25) is 5.02 Å². The van der Waals surface area contributed by atoms with Gasteiger partial charge in [-0.3, -0.25) is 0 Å². The molecule has 1 unspecified atom stereocenters. The molecule has 1 aliphatic rings. The Morgan fingerprint density at radius 2 is 1.88 bits per heavy atom. The van der Waals surface area contributed by atoms with Crippen molar-refractivity contribution in [1.82, 2.24) is 14.8 Å². The second-order valence-electron chi connectivity index (χ2n) is 9.38. The summed E-state index contributed by atoms with van der Waals surface area (Å²) in [6.07, 6.45) is 4.49. The minimum Gasteiger partial charge on any atom is -0.490 e. The number of anilines is 1. The monoisotopic (exact) mass is 584 g/mol. The average Bonchev–Trinajstić information content (AvgIpc) is 3.35. The van der Waals surface area contributed by atoms with Gasteiger partial charge in [-0.2, -0.15) is 4.98 Å². The van der Waals surface area contributed by atoms with Crippen LogP contribution in [0.25, 0.3) is 0 Å². The number of aromatic nitrogens is 3. The van der Waals surface area contributed by atoms with E-state index in [9.17, 15) is 4.79 Å². The number of benzene rings is 2. The minimum absolute atomic E-state index is 0.264. The van der Waals surface area contributed by atoms with Crippen LogP contribution in [-0.4, -0.2) is 40.6 Å². The highest BCUT2D eigenvalue weighted by molar-refractivity contribution is 7.98. The molecule has 0 radical (unpaired) electrons. The van der Waals surface area contributed by atoms with Crippen molar-refractivity contribution in [2.45, 2.75) is 70.3 Å². The molecule has 0 saturated heterocycles. The van der Waals surface area contributed by atoms with Gasteiger partial charge in [0.05, 0.1) is 25.4 Å². The van der Waals surface area contributed by atoms with Gasteiger partial charge in [-0.1, -0.05) is 73.8 Å². The van der Waals surface area contributed by atoms with Crippen molar-refractivity contribution >= 4 is 35.3 Å². The summed E-state index contributed by atoms with van der Waals surface area (Å²) >= 11 is 7.83. The third-order valence-corrected chi connectivity index (χ3v) is 7.74. The van der Waals surface area contributed by atoms with Gasteiger partial charge in [0.15, 0.2) is 11.5 Å². The fraction of sp³-hybridized carbons (Fsp3) is 0.433. The van der Waals surface area contributed by atoms with Gasteiger partial charge < -0.3 is 19.5 Å². The molecule has 1 aliphatic heterocycles. The molecule has 0 saturated carbocycles. The van der Waals surface area contributed by atoms with E-state index in [1.54, 1.807) is 11.6 Å². The molecule has 0 bridgehead atoms. The first kappa shape index (κ1) is 29.8. The van der Waals surface area contributed by atoms with Crippen LogP contribution < -0.4 is 14.8 Å². The zero-order valence-electron chi connectivity index (χ0n) is 23.5. The number of rotatable bonds is 14. The van der Waals surface area contributed by atoms with Crippen LogP contribution >= 0.6 is 23.4 Å². The Morgan fingerprint density at radius 3 is 2.62 bits per heavy atom. The molecule has 2 heterocycles. The lowest BCUT2D eigenvalue weighted by Crippen LogP contribution is -2.29. The SMILES string of the molecule is CCCCCCOc1ccc(C2C(C(=O)OCC)=C(C)Nc3nc(SCc4ccccc4Cl)nn32)cc1OCC. The van der Waals surface area contributed by atoms with Crippen molar-refractivity contribution in [3.63, 3.8) is 0 Å². The Labute approximate surface area is 245 Å². The van der Waals surface area contributed by atoms with Crippen LogP contribution in [-0.2, 0) is 15.3 Å². The number of hydrogen-bond acceptors (Lipinski definition) is 8. The summed E-state index contributed by atoms with van der Waals surface area (Å²) in [4.78, 5) is 17.9. The van der Waals surface area contributed by atoms with E-state index in [1.807, 2.05) is 56.3 Å². The van der Waals surface area contributed by atoms with Crippen molar-refractivity contribution in [2.75, 3.05) is 25.1 Å². The third kappa shape index (κ3) is 7.12. The quantitative estimate of drug-likeness (QED) is 0.119. The highest BCUT2D eigenvalue weighted by Gasteiger charge is 2.35. The number of carbonyl (C=O) groups excluding carboxylic acids is 1. The zero-order chi connectivity index (χ0) is 28.5. The summed E-state index contributed by atoms with van der Waals surface area (Å²) in [5.74, 6) is 2.07. The lowest BCUT2D eigenvalue weighted by molar-refractivity contribution is -0.139. The number of unbranched alkanes of at least 4 members (excludes halogenated alkanes) is 3. The normalized spacial score (nSPS) is 14.5. The maximum Gasteiger partial charge on any atom is 0.338 e. The predicted octanol–water partition coefficient (Wildman–Crippen LogP) is 7.43. The lowest BCUT2D eigenvalue weighted by Gasteiger charge is -2.28. The largest absolute Gasteiger partial charge is 0.490 e. The van der Waals surface area contributed by atoms with Crippen molar-refractivity contribution in [3.05, 3.63) is 69.9 Å². The Kier molecular flexibility index (Phi) is 10.8. The first-order chi connectivity index (χ1) is 19.5. The van der Waals surface area contributed by atoms with Crippen LogP contribution in [0.3, 0.4) is 0 Å². The highest BCUT2D eigenvalue weighted by atomic mass is 35.5. The maximum atomic E-state index is 13.2. The zero-order valence-corrected chi connectivity index (χ0v) is 25.1. The number of halogens is 1. The van der Waals surface area contributed by atoms with Crippen molar-refractivity contribution in [1.29, 1.82) is 0 Å². The van der Waals surface area contributed by atoms with E-state index in [-0.39, 0.29) is 6.61 Å². The van der Waals surface area contributed by atoms with Gasteiger partial charge in [0.2, 0.25) is 11.1 Å². The van der Waals surface area contributed by atoms with Crippen molar-refractivity contribution < 1.29 is 19.0 Å². The molecule has 8 nitrogen and oxygen atoms in total. The fourth-order valence-electron chi connectivity index (χ4n) is 4.52. The van der Waals surface area contributed by atoms with Gasteiger partial charge >= 0.3 is 5.97 Å². The molecule has 3 aromatic rings. The number of nitrogens with zero attached hydrogens (tertiary/aromatic N) is 3. The van der Waals surface area contributed by atoms with E-state index in [1.165, 1.54) is 24.6 Å². The summed E-state index contributed by atoms with van der Waals surface area (Å²) < 4.78 is 19.3. The second kappa shape index (κ2) is 14.5. The van der Waals surface area contributed by atoms with Gasteiger partial charge in [-0.05, 0) is 56.5 Å². The highest BCUT2D eigenvalue weighted by Crippen LogP contribution is 2.40. The Balaban J connectivity index is 1.67. The average molecular weight is 585 g/mol. The van der Waals surface area contributed by atoms with Gasteiger partial charge in [-0.25, -0.2) is 9.48 Å². The number of hydrogen-bond donors (Lipinski definition) is 1. The van der Waals surface area contributed by atoms with Crippen molar-refractivity contribution in [3.8, 4) is 11.5 Å². The molecular weight excluding hydrogens is 548 g/mol. The van der Waals surface area contributed by atoms with Gasteiger partial charge in [-0.15, -0.1) is 5.10 Å². The maximum absolute atomic E-state index is 13.2. The van der Waals surface area contributed by atoms with Crippen LogP contribution in [0.1, 0.15) is 70.5 Å². The van der Waals surface area contributed by atoms with Crippen LogP contribution in [0, 0.1) is 0 Å². The number of allylic oxidation sites excluding steroid dienone is 1. The summed E-state index contributed by atoms with van der Waals surface area (Å²) in [6.45, 7) is 9.15. The topological polar surface area (TPSA) is 87.5 Å². The third-order valence-electron chi connectivity index (χ3n) is 6.48. The standard InChI is InChI=1S/C30H37ClN4O4S/c1-5-8-9-12-17-39-24-16-15-21(18-25(24)37-6-2)27-26(28(36)38-7-3)20(4)32-29-33-30(34-35(27)29)40-19-22-13-10-11-14-23(22)31/h10-11,13-16,18,27H,5-9,12,17,19H2,1-4H3,(H,32,33,34). The number of ether oxygens (including phenoxy) is 3. The van der Waals surface area contributed by atoms with Crippen molar-refractivity contribution in [2.24, 2.45) is 0 Å². The van der Waals surface area contributed by atoms with E-state index in [0.29, 0.717) is 57.9 Å². The van der Waals surface area contributed by atoms with E-state index in [4.69, 9.17) is 35.9 Å². The summed E-state index contributed by atoms with van der Waals surface area (Å²) in [7, 11) is 0. The molecule has 0 aliphatic carbocycles. The second-order valence-corrected chi connectivity index (χ2v) is 10.7. The Hall–Kier alpha value is -3.17. The molecular formula is C30H37ClN4O4S. The molecule has 1 atom stereocenters. The van der Waals surface area contributed by atoms with E-state index < -0.39 is 12.0 Å². The molecule has 4 rings (SSSR count). The first-order valence-corrected chi connectivity index (χ1v) is 15.2. The van der Waals surface area contributed by atoms with Gasteiger partial charge in [0.1, 0.15) is 6.04 Å². The number of esters is 1. The first-order valence-electron chi connectivity index (χ1n) is 13.8. The molecule has 214 valence electrons. The molecule has 1 aromatic heterocycles. The fourth-order valence-corrected chi connectivity index (χ4v) is 5.64.